The van der Waals surface area contributed by atoms with E-state index in [4.69, 9.17) is 9.84 Å². The standard InChI is InChI=1S/C13H17FN2O3/c1-19-12-3-2-10(14)8-11(12)16-6-4-15(5-7-16)9-13(17)18/h2-3,8H,4-7,9H2,1H3,(H,17,18). The Labute approximate surface area is 111 Å². The number of piperazine rings is 1. The number of hydrogen-bond donors (Lipinski definition) is 1. The van der Waals surface area contributed by atoms with E-state index < -0.39 is 5.97 Å². The second kappa shape index (κ2) is 5.88. The number of aliphatic carboxylic acids is 1. The maximum atomic E-state index is 13.3. The van der Waals surface area contributed by atoms with Gasteiger partial charge in [-0.25, -0.2) is 4.39 Å². The molecule has 1 fully saturated rings. The summed E-state index contributed by atoms with van der Waals surface area (Å²) in [4.78, 5) is 14.5. The van der Waals surface area contributed by atoms with E-state index >= 15 is 0 Å². The molecule has 0 radical (unpaired) electrons. The van der Waals surface area contributed by atoms with Crippen LogP contribution in [0.25, 0.3) is 0 Å². The Bertz CT molecular complexity index is 459. The second-order valence-electron chi connectivity index (χ2n) is 4.47. The largest absolute Gasteiger partial charge is 0.495 e. The first-order valence-electron chi connectivity index (χ1n) is 6.13. The van der Waals surface area contributed by atoms with Crippen LogP contribution < -0.4 is 9.64 Å². The lowest BCUT2D eigenvalue weighted by Gasteiger charge is -2.35. The summed E-state index contributed by atoms with van der Waals surface area (Å²) in [5, 5.41) is 8.74. The van der Waals surface area contributed by atoms with Crippen LogP contribution >= 0.6 is 0 Å². The van der Waals surface area contributed by atoms with Gasteiger partial charge in [-0.1, -0.05) is 0 Å². The van der Waals surface area contributed by atoms with Gasteiger partial charge in [-0.15, -0.1) is 0 Å². The highest BCUT2D eigenvalue weighted by molar-refractivity contribution is 5.69. The predicted octanol–water partition coefficient (Wildman–Crippen LogP) is 1.04. The van der Waals surface area contributed by atoms with Crippen molar-refractivity contribution in [1.29, 1.82) is 0 Å². The van der Waals surface area contributed by atoms with Crippen molar-refractivity contribution >= 4 is 11.7 Å². The summed E-state index contributed by atoms with van der Waals surface area (Å²) >= 11 is 0. The van der Waals surface area contributed by atoms with Crippen molar-refractivity contribution in [2.75, 3.05) is 44.7 Å². The molecule has 0 unspecified atom stereocenters. The van der Waals surface area contributed by atoms with Crippen molar-refractivity contribution in [3.63, 3.8) is 0 Å². The Balaban J connectivity index is 2.05. The molecule has 1 saturated heterocycles. The molecular formula is C13H17FN2O3. The number of ether oxygens (including phenoxy) is 1. The molecular weight excluding hydrogens is 251 g/mol. The van der Waals surface area contributed by atoms with Crippen LogP contribution in [0.3, 0.4) is 0 Å². The zero-order chi connectivity index (χ0) is 13.8. The molecule has 0 saturated carbocycles. The Kier molecular flexibility index (Phi) is 4.21. The number of carbonyl (C=O) groups is 1. The molecule has 1 aromatic carbocycles. The number of carboxylic acids is 1. The summed E-state index contributed by atoms with van der Waals surface area (Å²) in [6.07, 6.45) is 0. The van der Waals surface area contributed by atoms with E-state index in [1.54, 1.807) is 13.2 Å². The van der Waals surface area contributed by atoms with E-state index in [-0.39, 0.29) is 12.4 Å². The van der Waals surface area contributed by atoms with Gasteiger partial charge in [0.2, 0.25) is 0 Å². The number of benzene rings is 1. The second-order valence-corrected chi connectivity index (χ2v) is 4.47. The summed E-state index contributed by atoms with van der Waals surface area (Å²) in [5.74, 6) is -0.492. The molecule has 1 N–H and O–H groups in total. The van der Waals surface area contributed by atoms with Gasteiger partial charge in [0.1, 0.15) is 11.6 Å². The third kappa shape index (κ3) is 3.35. The summed E-state index contributed by atoms with van der Waals surface area (Å²) in [6, 6.07) is 4.42. The fraction of sp³-hybridized carbons (Fsp3) is 0.462. The molecule has 0 aliphatic carbocycles. The molecule has 0 aromatic heterocycles. The van der Waals surface area contributed by atoms with E-state index in [1.165, 1.54) is 12.1 Å². The molecule has 0 bridgehead atoms. The lowest BCUT2D eigenvalue weighted by atomic mass is 10.2. The Hall–Kier alpha value is -1.82. The van der Waals surface area contributed by atoms with Crippen molar-refractivity contribution in [3.05, 3.63) is 24.0 Å². The molecule has 0 atom stereocenters. The van der Waals surface area contributed by atoms with Gasteiger partial charge in [0.15, 0.2) is 0 Å². The Morgan fingerprint density at radius 1 is 1.37 bits per heavy atom. The normalized spacial score (nSPS) is 16.4. The quantitative estimate of drug-likeness (QED) is 0.884. The fourth-order valence-electron chi connectivity index (χ4n) is 2.25. The molecule has 1 aliphatic rings. The highest BCUT2D eigenvalue weighted by atomic mass is 19.1. The van der Waals surface area contributed by atoms with Crippen molar-refractivity contribution in [2.24, 2.45) is 0 Å². The molecule has 104 valence electrons. The summed E-state index contributed by atoms with van der Waals surface area (Å²) < 4.78 is 18.5. The number of carboxylic acid groups (broad SMARTS) is 1. The molecule has 1 aliphatic heterocycles. The van der Waals surface area contributed by atoms with Crippen LogP contribution in [0.4, 0.5) is 10.1 Å². The number of nitrogens with zero attached hydrogens (tertiary/aromatic N) is 2. The van der Waals surface area contributed by atoms with Crippen molar-refractivity contribution in [2.45, 2.75) is 0 Å². The zero-order valence-electron chi connectivity index (χ0n) is 10.8. The molecule has 1 aromatic rings. The molecule has 0 amide bonds. The van der Waals surface area contributed by atoms with Crippen LogP contribution in [0.15, 0.2) is 18.2 Å². The Morgan fingerprint density at radius 2 is 2.05 bits per heavy atom. The van der Waals surface area contributed by atoms with Gasteiger partial charge in [0.25, 0.3) is 0 Å². The van der Waals surface area contributed by atoms with Gasteiger partial charge >= 0.3 is 5.97 Å². The van der Waals surface area contributed by atoms with E-state index in [2.05, 4.69) is 0 Å². The molecule has 19 heavy (non-hydrogen) atoms. The van der Waals surface area contributed by atoms with Gasteiger partial charge < -0.3 is 14.7 Å². The number of rotatable bonds is 4. The zero-order valence-corrected chi connectivity index (χ0v) is 10.8. The summed E-state index contributed by atoms with van der Waals surface area (Å²) in [7, 11) is 1.55. The SMILES string of the molecule is COc1ccc(F)cc1N1CCN(CC(=O)O)CC1. The van der Waals surface area contributed by atoms with Gasteiger partial charge in [-0.05, 0) is 12.1 Å². The topological polar surface area (TPSA) is 53.0 Å². The summed E-state index contributed by atoms with van der Waals surface area (Å²) in [5.41, 5.74) is 0.720. The first-order chi connectivity index (χ1) is 9.10. The minimum Gasteiger partial charge on any atom is -0.495 e. The molecule has 0 spiro atoms. The summed E-state index contributed by atoms with van der Waals surface area (Å²) in [6.45, 7) is 2.66. The number of hydrogen-bond acceptors (Lipinski definition) is 4. The Morgan fingerprint density at radius 3 is 2.63 bits per heavy atom. The van der Waals surface area contributed by atoms with Crippen LogP contribution in [0.2, 0.25) is 0 Å². The lowest BCUT2D eigenvalue weighted by Crippen LogP contribution is -2.48. The minimum absolute atomic E-state index is 0.0497. The predicted molar refractivity (Wildman–Crippen MR) is 69.2 cm³/mol. The van der Waals surface area contributed by atoms with Gasteiger partial charge in [0, 0.05) is 32.2 Å². The first-order valence-corrected chi connectivity index (χ1v) is 6.13. The average Bonchev–Trinajstić information content (AvgIpc) is 2.39. The van der Waals surface area contributed by atoms with Gasteiger partial charge in [0.05, 0.1) is 19.3 Å². The third-order valence-corrected chi connectivity index (χ3v) is 3.21. The average molecular weight is 268 g/mol. The van der Waals surface area contributed by atoms with E-state index in [0.717, 1.165) is 5.69 Å². The van der Waals surface area contributed by atoms with E-state index in [0.29, 0.717) is 31.9 Å². The van der Waals surface area contributed by atoms with Gasteiger partial charge in [-0.3, -0.25) is 9.69 Å². The maximum absolute atomic E-state index is 13.3. The van der Waals surface area contributed by atoms with E-state index in [1.807, 2.05) is 9.80 Å². The number of halogens is 1. The van der Waals surface area contributed by atoms with Crippen LogP contribution in [-0.2, 0) is 4.79 Å². The fourth-order valence-corrected chi connectivity index (χ4v) is 2.25. The van der Waals surface area contributed by atoms with Crippen LogP contribution in [0.5, 0.6) is 5.75 Å². The molecule has 5 nitrogen and oxygen atoms in total. The van der Waals surface area contributed by atoms with Gasteiger partial charge in [-0.2, -0.15) is 0 Å². The minimum atomic E-state index is -0.822. The highest BCUT2D eigenvalue weighted by Gasteiger charge is 2.21. The van der Waals surface area contributed by atoms with Crippen LogP contribution in [0, 0.1) is 5.82 Å². The lowest BCUT2D eigenvalue weighted by molar-refractivity contribution is -0.138. The van der Waals surface area contributed by atoms with E-state index in [9.17, 15) is 9.18 Å². The third-order valence-electron chi connectivity index (χ3n) is 3.21. The maximum Gasteiger partial charge on any atom is 0.317 e. The highest BCUT2D eigenvalue weighted by Crippen LogP contribution is 2.29. The van der Waals surface area contributed by atoms with Crippen molar-refractivity contribution in [1.82, 2.24) is 4.90 Å². The molecule has 2 rings (SSSR count). The van der Waals surface area contributed by atoms with Crippen molar-refractivity contribution < 1.29 is 19.0 Å². The first kappa shape index (κ1) is 13.6. The molecule has 6 heteroatoms. The smallest absolute Gasteiger partial charge is 0.317 e. The van der Waals surface area contributed by atoms with Crippen LogP contribution in [0.1, 0.15) is 0 Å². The monoisotopic (exact) mass is 268 g/mol. The van der Waals surface area contributed by atoms with Crippen LogP contribution in [-0.4, -0.2) is 55.8 Å². The van der Waals surface area contributed by atoms with Crippen molar-refractivity contribution in [3.8, 4) is 5.75 Å². The molecule has 1 heterocycles. The number of methoxy groups -OCH3 is 1. The number of anilines is 1.